The van der Waals surface area contributed by atoms with Crippen molar-refractivity contribution in [2.75, 3.05) is 43.6 Å². The van der Waals surface area contributed by atoms with Gasteiger partial charge in [0, 0.05) is 6.54 Å². The van der Waals surface area contributed by atoms with Gasteiger partial charge in [0.2, 0.25) is 5.91 Å². The molecule has 178 valence electrons. The minimum absolute atomic E-state index is 0.0361. The summed E-state index contributed by atoms with van der Waals surface area (Å²) in [6.45, 7) is 2.47. The maximum absolute atomic E-state index is 12.6. The summed E-state index contributed by atoms with van der Waals surface area (Å²) in [6, 6.07) is 6.34. The van der Waals surface area contributed by atoms with Gasteiger partial charge in [-0.05, 0) is 30.4 Å². The Labute approximate surface area is 192 Å². The van der Waals surface area contributed by atoms with Gasteiger partial charge in [-0.15, -0.1) is 0 Å². The number of nitrogens with one attached hydrogen (secondary N) is 3. The highest BCUT2D eigenvalue weighted by atomic mass is 32.1. The molecule has 0 aliphatic carbocycles. The topological polar surface area (TPSA) is 182 Å². The molecular weight excluding hydrogens is 458 g/mol. The molecule has 1 heterocycles. The highest BCUT2D eigenvalue weighted by Crippen LogP contribution is 2.30. The highest BCUT2D eigenvalue weighted by Gasteiger charge is 2.20. The quantitative estimate of drug-likeness (QED) is 0.189. The molecule has 33 heavy (non-hydrogen) atoms. The van der Waals surface area contributed by atoms with Gasteiger partial charge in [-0.2, -0.15) is 0 Å². The van der Waals surface area contributed by atoms with Crippen molar-refractivity contribution in [3.8, 4) is 0 Å². The number of ether oxygens (including phenoxy) is 2. The minimum atomic E-state index is -1.12. The van der Waals surface area contributed by atoms with Crippen LogP contribution in [-0.4, -0.2) is 65.9 Å². The third-order valence-corrected chi connectivity index (χ3v) is 5.00. The fourth-order valence-corrected chi connectivity index (χ4v) is 3.27. The summed E-state index contributed by atoms with van der Waals surface area (Å²) in [5, 5.41) is 26.6. The number of amides is 3. The molecule has 3 amide bonds. The van der Waals surface area contributed by atoms with Gasteiger partial charge in [-0.25, -0.2) is 9.78 Å². The van der Waals surface area contributed by atoms with Gasteiger partial charge < -0.3 is 25.2 Å². The summed E-state index contributed by atoms with van der Waals surface area (Å²) in [4.78, 5) is 49.4. The van der Waals surface area contributed by atoms with Crippen molar-refractivity contribution in [3.63, 3.8) is 0 Å². The van der Waals surface area contributed by atoms with E-state index in [4.69, 9.17) is 14.6 Å². The number of hydrogen-bond donors (Lipinski definition) is 4. The Hall–Kier alpha value is -3.62. The number of aryl methyl sites for hydroxylation is 1. The lowest BCUT2D eigenvalue weighted by molar-refractivity contribution is -0.380. The summed E-state index contributed by atoms with van der Waals surface area (Å²) in [5.41, 5.74) is 0.645. The first-order chi connectivity index (χ1) is 15.8. The molecule has 0 radical (unpaired) electrons. The van der Waals surface area contributed by atoms with Crippen LogP contribution in [-0.2, 0) is 14.3 Å². The first kappa shape index (κ1) is 25.6. The number of carbonyl (C=O) groups excluding carboxylic acids is 2. The number of thiazole rings is 1. The number of carbonyl (C=O) groups is 3. The Balaban J connectivity index is 1.78. The molecule has 4 N–H and O–H groups in total. The molecule has 0 bridgehead atoms. The van der Waals surface area contributed by atoms with Crippen LogP contribution in [0.4, 0.5) is 20.6 Å². The van der Waals surface area contributed by atoms with Crippen molar-refractivity contribution in [2.45, 2.75) is 13.3 Å². The fourth-order valence-electron chi connectivity index (χ4n) is 2.50. The van der Waals surface area contributed by atoms with Crippen LogP contribution in [0.25, 0.3) is 0 Å². The molecule has 0 aliphatic heterocycles. The van der Waals surface area contributed by atoms with Gasteiger partial charge in [0.15, 0.2) is 5.13 Å². The monoisotopic (exact) mass is 481 g/mol. The second-order valence-electron chi connectivity index (χ2n) is 6.42. The van der Waals surface area contributed by atoms with Gasteiger partial charge in [0.1, 0.15) is 5.69 Å². The second-order valence-corrected chi connectivity index (χ2v) is 7.40. The zero-order valence-corrected chi connectivity index (χ0v) is 18.5. The lowest BCUT2D eigenvalue weighted by Crippen LogP contribution is -2.25. The zero-order chi connectivity index (χ0) is 24.2. The fraction of sp³-hybridized carbons (Fsp3) is 0.368. The summed E-state index contributed by atoms with van der Waals surface area (Å²) >= 11 is 0.748. The van der Waals surface area contributed by atoms with Crippen molar-refractivity contribution in [3.05, 3.63) is 45.6 Å². The number of nitro groups is 1. The number of aromatic nitrogens is 1. The van der Waals surface area contributed by atoms with Gasteiger partial charge >= 0.3 is 11.1 Å². The third-order valence-electron chi connectivity index (χ3n) is 3.97. The van der Waals surface area contributed by atoms with E-state index in [-0.39, 0.29) is 72.4 Å². The normalized spacial score (nSPS) is 10.5. The van der Waals surface area contributed by atoms with Crippen molar-refractivity contribution < 1.29 is 33.9 Å². The largest absolute Gasteiger partial charge is 0.465 e. The van der Waals surface area contributed by atoms with Gasteiger partial charge in [0.25, 0.3) is 5.91 Å². The Morgan fingerprint density at radius 1 is 1.12 bits per heavy atom. The maximum atomic E-state index is 12.6. The Morgan fingerprint density at radius 2 is 1.82 bits per heavy atom. The molecule has 13 nitrogen and oxygen atoms in total. The third kappa shape index (κ3) is 8.80. The molecule has 1 aromatic carbocycles. The van der Waals surface area contributed by atoms with E-state index in [2.05, 4.69) is 20.9 Å². The predicted molar refractivity (Wildman–Crippen MR) is 119 cm³/mol. The van der Waals surface area contributed by atoms with Crippen molar-refractivity contribution in [1.29, 1.82) is 0 Å². The average Bonchev–Trinajstić information content (AvgIpc) is 3.12. The number of carboxylic acid groups (broad SMARTS) is 1. The van der Waals surface area contributed by atoms with E-state index < -0.39 is 16.9 Å². The van der Waals surface area contributed by atoms with Crippen LogP contribution in [0.5, 0.6) is 0 Å². The predicted octanol–water partition coefficient (Wildman–Crippen LogP) is 2.24. The molecule has 0 spiro atoms. The molecule has 0 unspecified atom stereocenters. The standard InChI is InChI=1S/C19H23N5O8S/c1-12-17(24(29)30)33-18(21-12)23-16(26)13-4-2-3-5-14(13)22-15(25)6-8-31-10-11-32-9-7-20-19(27)28/h2-5,20H,6-11H2,1H3,(H,22,25)(H,27,28)(H,21,23,26). The van der Waals surface area contributed by atoms with E-state index >= 15 is 0 Å². The lowest BCUT2D eigenvalue weighted by atomic mass is 10.1. The van der Waals surface area contributed by atoms with Crippen molar-refractivity contribution in [1.82, 2.24) is 10.3 Å². The summed E-state index contributed by atoms with van der Waals surface area (Å²) in [7, 11) is 0. The number of nitrogens with zero attached hydrogens (tertiary/aromatic N) is 2. The van der Waals surface area contributed by atoms with Crippen LogP contribution >= 0.6 is 11.3 Å². The molecule has 0 saturated carbocycles. The van der Waals surface area contributed by atoms with E-state index in [1.165, 1.54) is 13.0 Å². The Morgan fingerprint density at radius 3 is 2.48 bits per heavy atom. The molecule has 1 aromatic heterocycles. The highest BCUT2D eigenvalue weighted by molar-refractivity contribution is 7.19. The summed E-state index contributed by atoms with van der Waals surface area (Å²) < 4.78 is 10.5. The van der Waals surface area contributed by atoms with Gasteiger partial charge in [-0.3, -0.25) is 25.0 Å². The minimum Gasteiger partial charge on any atom is -0.465 e. The van der Waals surface area contributed by atoms with E-state index in [1.54, 1.807) is 18.2 Å². The smallest absolute Gasteiger partial charge is 0.404 e. The lowest BCUT2D eigenvalue weighted by Gasteiger charge is -2.11. The van der Waals surface area contributed by atoms with E-state index in [1.807, 2.05) is 0 Å². The van der Waals surface area contributed by atoms with Crippen molar-refractivity contribution >= 4 is 45.1 Å². The number of anilines is 2. The molecule has 2 rings (SSSR count). The molecule has 0 saturated heterocycles. The van der Waals surface area contributed by atoms with Crippen LogP contribution in [0.2, 0.25) is 0 Å². The molecule has 0 fully saturated rings. The van der Waals surface area contributed by atoms with E-state index in [9.17, 15) is 24.5 Å². The van der Waals surface area contributed by atoms with Gasteiger partial charge in [-0.1, -0.05) is 12.1 Å². The zero-order valence-electron chi connectivity index (χ0n) is 17.7. The Kier molecular flexibility index (Phi) is 10.1. The molecule has 14 heteroatoms. The van der Waals surface area contributed by atoms with E-state index in [0.717, 1.165) is 11.3 Å². The SMILES string of the molecule is Cc1nc(NC(=O)c2ccccc2NC(=O)CCOCCOCCNC(=O)O)sc1[N+](=O)[O-]. The number of rotatable bonds is 13. The van der Waals surface area contributed by atoms with Crippen LogP contribution in [0.15, 0.2) is 24.3 Å². The van der Waals surface area contributed by atoms with Gasteiger partial charge in [0.05, 0.1) is 49.0 Å². The van der Waals surface area contributed by atoms with Crippen LogP contribution in [0.1, 0.15) is 22.5 Å². The first-order valence-electron chi connectivity index (χ1n) is 9.72. The first-order valence-corrected chi connectivity index (χ1v) is 10.5. The van der Waals surface area contributed by atoms with Crippen LogP contribution in [0.3, 0.4) is 0 Å². The molecule has 2 aromatic rings. The molecular formula is C19H23N5O8S. The Bertz CT molecular complexity index is 996. The molecule has 0 aliphatic rings. The van der Waals surface area contributed by atoms with Crippen LogP contribution in [0, 0.1) is 17.0 Å². The summed E-state index contributed by atoms with van der Waals surface area (Å²) in [6.07, 6.45) is -1.09. The number of hydrogen-bond acceptors (Lipinski definition) is 9. The number of benzene rings is 1. The molecule has 0 atom stereocenters. The van der Waals surface area contributed by atoms with Crippen LogP contribution < -0.4 is 16.0 Å². The summed E-state index contributed by atoms with van der Waals surface area (Å²) in [5.74, 6) is -0.942. The second kappa shape index (κ2) is 13.0. The van der Waals surface area contributed by atoms with Crippen molar-refractivity contribution in [2.24, 2.45) is 0 Å². The average molecular weight is 481 g/mol. The van der Waals surface area contributed by atoms with E-state index in [0.29, 0.717) is 0 Å². The maximum Gasteiger partial charge on any atom is 0.404 e. The number of para-hydroxylation sites is 1.